The molecule has 1 N–H and O–H groups in total. The maximum atomic E-state index is 12.4. The second-order valence-electron chi connectivity index (χ2n) is 7.28. The number of aryl methyl sites for hydroxylation is 1. The number of hydrogen-bond acceptors (Lipinski definition) is 4. The van der Waals surface area contributed by atoms with Crippen LogP contribution in [-0.4, -0.2) is 29.1 Å². The summed E-state index contributed by atoms with van der Waals surface area (Å²) < 4.78 is 0. The van der Waals surface area contributed by atoms with Gasteiger partial charge in [0.15, 0.2) is 0 Å². The monoisotopic (exact) mass is 417 g/mol. The Labute approximate surface area is 180 Å². The van der Waals surface area contributed by atoms with Crippen LogP contribution in [0.2, 0.25) is 0 Å². The lowest BCUT2D eigenvalue weighted by atomic mass is 10.1. The standard InChI is InChI=1S/C24H23N3O2S/c1-17-4-6-18(7-5-17)12-14-25-23(29)20-10-8-19(9-11-20)15-27-21-3-2-13-26-24(21)30-16-22(27)28/h2-11,13H,12,14-16H2,1H3,(H,25,29). The van der Waals surface area contributed by atoms with Crippen LogP contribution in [0.5, 0.6) is 0 Å². The molecule has 0 radical (unpaired) electrons. The van der Waals surface area contributed by atoms with Crippen LogP contribution >= 0.6 is 11.8 Å². The van der Waals surface area contributed by atoms with E-state index in [0.717, 1.165) is 22.7 Å². The maximum absolute atomic E-state index is 12.4. The van der Waals surface area contributed by atoms with E-state index in [0.29, 0.717) is 24.4 Å². The van der Waals surface area contributed by atoms with Crippen molar-refractivity contribution in [3.63, 3.8) is 0 Å². The van der Waals surface area contributed by atoms with E-state index < -0.39 is 0 Å². The molecule has 0 spiro atoms. The maximum Gasteiger partial charge on any atom is 0.251 e. The van der Waals surface area contributed by atoms with Crippen molar-refractivity contribution in [3.8, 4) is 0 Å². The van der Waals surface area contributed by atoms with Crippen LogP contribution in [0.15, 0.2) is 71.9 Å². The van der Waals surface area contributed by atoms with Gasteiger partial charge < -0.3 is 10.2 Å². The SMILES string of the molecule is Cc1ccc(CCNC(=O)c2ccc(CN3C(=O)CSc4ncccc43)cc2)cc1. The zero-order chi connectivity index (χ0) is 20.9. The molecule has 1 aliphatic rings. The Morgan fingerprint density at radius 3 is 2.57 bits per heavy atom. The fraction of sp³-hybridized carbons (Fsp3) is 0.208. The van der Waals surface area contributed by atoms with Gasteiger partial charge in [-0.15, -0.1) is 0 Å². The largest absolute Gasteiger partial charge is 0.352 e. The van der Waals surface area contributed by atoms with E-state index in [-0.39, 0.29) is 11.8 Å². The molecule has 0 saturated carbocycles. The number of nitrogens with one attached hydrogen (secondary N) is 1. The molecule has 0 fully saturated rings. The second-order valence-corrected chi connectivity index (χ2v) is 8.25. The highest BCUT2D eigenvalue weighted by molar-refractivity contribution is 8.00. The van der Waals surface area contributed by atoms with E-state index >= 15 is 0 Å². The fourth-order valence-electron chi connectivity index (χ4n) is 3.34. The Balaban J connectivity index is 1.35. The van der Waals surface area contributed by atoms with E-state index in [4.69, 9.17) is 0 Å². The molecule has 1 aromatic heterocycles. The molecule has 6 heteroatoms. The lowest BCUT2D eigenvalue weighted by molar-refractivity contribution is -0.116. The molecule has 0 unspecified atom stereocenters. The number of thioether (sulfide) groups is 1. The van der Waals surface area contributed by atoms with Gasteiger partial charge in [0.05, 0.1) is 18.0 Å². The summed E-state index contributed by atoms with van der Waals surface area (Å²) in [5.74, 6) is 0.373. The van der Waals surface area contributed by atoms with Gasteiger partial charge in [0.25, 0.3) is 5.91 Å². The van der Waals surface area contributed by atoms with Crippen molar-refractivity contribution < 1.29 is 9.59 Å². The van der Waals surface area contributed by atoms with Crippen LogP contribution in [-0.2, 0) is 17.8 Å². The van der Waals surface area contributed by atoms with Crippen LogP contribution in [0, 0.1) is 6.92 Å². The first-order chi connectivity index (χ1) is 14.6. The zero-order valence-electron chi connectivity index (χ0n) is 16.8. The number of aromatic nitrogens is 1. The average Bonchev–Trinajstić information content (AvgIpc) is 2.77. The van der Waals surface area contributed by atoms with E-state index in [9.17, 15) is 9.59 Å². The van der Waals surface area contributed by atoms with Gasteiger partial charge in [0.1, 0.15) is 5.03 Å². The smallest absolute Gasteiger partial charge is 0.251 e. The summed E-state index contributed by atoms with van der Waals surface area (Å²) in [6.45, 7) is 3.12. The average molecular weight is 418 g/mol. The van der Waals surface area contributed by atoms with Gasteiger partial charge in [-0.1, -0.05) is 53.7 Å². The van der Waals surface area contributed by atoms with E-state index in [1.54, 1.807) is 11.1 Å². The van der Waals surface area contributed by atoms with Gasteiger partial charge in [0.2, 0.25) is 5.91 Å². The summed E-state index contributed by atoms with van der Waals surface area (Å²) in [4.78, 5) is 30.9. The molecule has 0 bridgehead atoms. The Morgan fingerprint density at radius 2 is 1.80 bits per heavy atom. The topological polar surface area (TPSA) is 62.3 Å². The van der Waals surface area contributed by atoms with Crippen LogP contribution in [0.3, 0.4) is 0 Å². The first-order valence-corrected chi connectivity index (χ1v) is 10.9. The number of carbonyl (C=O) groups is 2. The molecule has 30 heavy (non-hydrogen) atoms. The minimum absolute atomic E-state index is 0.0680. The quantitative estimate of drug-likeness (QED) is 0.659. The molecule has 5 nitrogen and oxygen atoms in total. The van der Waals surface area contributed by atoms with Gasteiger partial charge in [-0.3, -0.25) is 9.59 Å². The molecular weight excluding hydrogens is 394 g/mol. The normalized spacial score (nSPS) is 13.1. The van der Waals surface area contributed by atoms with Gasteiger partial charge in [-0.25, -0.2) is 4.98 Å². The predicted molar refractivity (Wildman–Crippen MR) is 120 cm³/mol. The van der Waals surface area contributed by atoms with Crippen molar-refractivity contribution in [1.82, 2.24) is 10.3 Å². The molecule has 2 amide bonds. The number of fused-ring (bicyclic) bond motifs is 1. The van der Waals surface area contributed by atoms with Crippen molar-refractivity contribution in [2.75, 3.05) is 17.2 Å². The lowest BCUT2D eigenvalue weighted by Gasteiger charge is -2.28. The predicted octanol–water partition coefficient (Wildman–Crippen LogP) is 4.00. The minimum Gasteiger partial charge on any atom is -0.352 e. The molecule has 2 heterocycles. The second kappa shape index (κ2) is 9.13. The van der Waals surface area contributed by atoms with Gasteiger partial charge in [0, 0.05) is 18.3 Å². The number of hydrogen-bond donors (Lipinski definition) is 1. The molecule has 1 aliphatic heterocycles. The van der Waals surface area contributed by atoms with Crippen molar-refractivity contribution in [1.29, 1.82) is 0 Å². The summed E-state index contributed by atoms with van der Waals surface area (Å²) in [6.07, 6.45) is 2.54. The molecule has 0 atom stereocenters. The fourth-order valence-corrected chi connectivity index (χ4v) is 4.21. The number of anilines is 1. The molecule has 0 aliphatic carbocycles. The number of benzene rings is 2. The summed E-state index contributed by atoms with van der Waals surface area (Å²) in [5, 5.41) is 3.85. The molecule has 4 rings (SSSR count). The highest BCUT2D eigenvalue weighted by atomic mass is 32.2. The third-order valence-electron chi connectivity index (χ3n) is 5.05. The van der Waals surface area contributed by atoms with Gasteiger partial charge >= 0.3 is 0 Å². The molecule has 3 aromatic rings. The van der Waals surface area contributed by atoms with Gasteiger partial charge in [-0.2, -0.15) is 0 Å². The molecule has 0 saturated heterocycles. The summed E-state index contributed by atoms with van der Waals surface area (Å²) in [7, 11) is 0. The van der Waals surface area contributed by atoms with Crippen molar-refractivity contribution >= 4 is 29.3 Å². The minimum atomic E-state index is -0.0892. The van der Waals surface area contributed by atoms with Crippen molar-refractivity contribution in [2.45, 2.75) is 24.9 Å². The van der Waals surface area contributed by atoms with E-state index in [1.807, 2.05) is 36.4 Å². The number of rotatable bonds is 6. The summed E-state index contributed by atoms with van der Waals surface area (Å²) in [6, 6.07) is 19.5. The molecular formula is C24H23N3O2S. The zero-order valence-corrected chi connectivity index (χ0v) is 17.6. The number of nitrogens with zero attached hydrogens (tertiary/aromatic N) is 2. The Morgan fingerprint density at radius 1 is 1.07 bits per heavy atom. The van der Waals surface area contributed by atoms with Crippen molar-refractivity contribution in [3.05, 3.63) is 89.1 Å². The number of carbonyl (C=O) groups excluding carboxylic acids is 2. The summed E-state index contributed by atoms with van der Waals surface area (Å²) in [5.41, 5.74) is 4.87. The van der Waals surface area contributed by atoms with E-state index in [1.165, 1.54) is 22.9 Å². The third kappa shape index (κ3) is 4.71. The molecule has 2 aromatic carbocycles. The molecule has 152 valence electrons. The third-order valence-corrected chi connectivity index (χ3v) is 6.03. The van der Waals surface area contributed by atoms with Crippen molar-refractivity contribution in [2.24, 2.45) is 0 Å². The van der Waals surface area contributed by atoms with E-state index in [2.05, 4.69) is 41.5 Å². The van der Waals surface area contributed by atoms with Crippen LogP contribution in [0.4, 0.5) is 5.69 Å². The Bertz CT molecular complexity index is 1050. The Hall–Kier alpha value is -3.12. The Kier molecular flexibility index (Phi) is 6.14. The lowest BCUT2D eigenvalue weighted by Crippen LogP contribution is -2.35. The first kappa shape index (κ1) is 20.2. The highest BCUT2D eigenvalue weighted by Gasteiger charge is 2.25. The first-order valence-electron chi connectivity index (χ1n) is 9.91. The highest BCUT2D eigenvalue weighted by Crippen LogP contribution is 2.33. The number of amides is 2. The number of pyridine rings is 1. The van der Waals surface area contributed by atoms with Crippen LogP contribution in [0.25, 0.3) is 0 Å². The van der Waals surface area contributed by atoms with Crippen LogP contribution in [0.1, 0.15) is 27.0 Å². The van der Waals surface area contributed by atoms with Gasteiger partial charge in [-0.05, 0) is 48.7 Å². The summed E-state index contributed by atoms with van der Waals surface area (Å²) >= 11 is 1.47. The van der Waals surface area contributed by atoms with Crippen LogP contribution < -0.4 is 10.2 Å².